The van der Waals surface area contributed by atoms with Gasteiger partial charge in [-0.25, -0.2) is 4.39 Å². The van der Waals surface area contributed by atoms with Gasteiger partial charge in [-0.15, -0.1) is 11.3 Å². The molecule has 3 heterocycles. The van der Waals surface area contributed by atoms with Crippen LogP contribution in [0.1, 0.15) is 55.1 Å². The molecule has 1 fully saturated rings. The van der Waals surface area contributed by atoms with Crippen LogP contribution in [0.15, 0.2) is 41.9 Å². The number of alkyl halides is 1. The van der Waals surface area contributed by atoms with Gasteiger partial charge in [0.1, 0.15) is 11.9 Å². The van der Waals surface area contributed by atoms with Crippen LogP contribution in [0.25, 0.3) is 10.9 Å². The fourth-order valence-electron chi connectivity index (χ4n) is 5.03. The minimum atomic E-state index is -1.38. The maximum Gasteiger partial charge on any atom is 0.309 e. The second-order valence-corrected chi connectivity index (χ2v) is 10.8. The molecule has 1 saturated heterocycles. The van der Waals surface area contributed by atoms with Gasteiger partial charge in [0, 0.05) is 22.0 Å². The number of aliphatic carboxylic acids is 1. The van der Waals surface area contributed by atoms with Crippen molar-refractivity contribution in [1.29, 1.82) is 0 Å². The zero-order valence-electron chi connectivity index (χ0n) is 20.0. The number of likely N-dealkylation sites (tertiary alicyclic amines) is 1. The molecule has 0 bridgehead atoms. The Morgan fingerprint density at radius 1 is 1.31 bits per heavy atom. The number of ether oxygens (including phenoxy) is 1. The third-order valence-electron chi connectivity index (χ3n) is 7.25. The first-order chi connectivity index (χ1) is 16.9. The molecular formula is C27H32ClFN2O3S. The van der Waals surface area contributed by atoms with Crippen molar-refractivity contribution in [2.75, 3.05) is 26.7 Å². The summed E-state index contributed by atoms with van der Waals surface area (Å²) in [6, 6.07) is 9.54. The van der Waals surface area contributed by atoms with Crippen LogP contribution >= 0.6 is 22.9 Å². The average Bonchev–Trinajstić information content (AvgIpc) is 3.39. The van der Waals surface area contributed by atoms with E-state index >= 15 is 4.39 Å². The van der Waals surface area contributed by atoms with Gasteiger partial charge >= 0.3 is 5.97 Å². The van der Waals surface area contributed by atoms with Crippen LogP contribution in [0.3, 0.4) is 0 Å². The van der Waals surface area contributed by atoms with Gasteiger partial charge in [-0.3, -0.25) is 9.78 Å². The van der Waals surface area contributed by atoms with Crippen LogP contribution in [0.4, 0.5) is 4.39 Å². The van der Waals surface area contributed by atoms with Crippen molar-refractivity contribution in [2.45, 2.75) is 51.1 Å². The number of carbonyl (C=O) groups is 1. The van der Waals surface area contributed by atoms with Crippen molar-refractivity contribution < 1.29 is 19.0 Å². The predicted octanol–water partition coefficient (Wildman–Crippen LogP) is 6.94. The maximum absolute atomic E-state index is 15.6. The van der Waals surface area contributed by atoms with Crippen molar-refractivity contribution in [3.05, 3.63) is 57.4 Å². The van der Waals surface area contributed by atoms with Crippen molar-refractivity contribution >= 4 is 39.8 Å². The molecule has 4 rings (SSSR count). The summed E-state index contributed by atoms with van der Waals surface area (Å²) in [7, 11) is 1.55. The number of fused-ring (bicyclic) bond motifs is 1. The molecule has 1 aliphatic rings. The van der Waals surface area contributed by atoms with Crippen LogP contribution in [-0.4, -0.2) is 47.7 Å². The van der Waals surface area contributed by atoms with Crippen molar-refractivity contribution in [1.82, 2.24) is 9.88 Å². The highest BCUT2D eigenvalue weighted by Gasteiger charge is 2.41. The van der Waals surface area contributed by atoms with E-state index in [0.29, 0.717) is 35.1 Å². The molecule has 1 atom stereocenters. The molecule has 0 amide bonds. The third-order valence-corrected chi connectivity index (χ3v) is 8.49. The Morgan fingerprint density at radius 2 is 2.11 bits per heavy atom. The van der Waals surface area contributed by atoms with Crippen molar-refractivity contribution in [3.63, 3.8) is 0 Å². The van der Waals surface area contributed by atoms with Gasteiger partial charge in [-0.1, -0.05) is 17.7 Å². The summed E-state index contributed by atoms with van der Waals surface area (Å²) in [4.78, 5) is 20.3. The Labute approximate surface area is 214 Å². The first-order valence-electron chi connectivity index (χ1n) is 12.2. The second-order valence-electron chi connectivity index (χ2n) is 9.37. The molecule has 0 aliphatic carbocycles. The lowest BCUT2D eigenvalue weighted by Crippen LogP contribution is -2.44. The summed E-state index contributed by atoms with van der Waals surface area (Å²) in [6.07, 6.45) is 4.87. The van der Waals surface area contributed by atoms with E-state index in [1.807, 2.05) is 0 Å². The number of pyridine rings is 1. The largest absolute Gasteiger partial charge is 0.497 e. The number of methoxy groups -OCH3 is 1. The van der Waals surface area contributed by atoms with Gasteiger partial charge in [0.25, 0.3) is 0 Å². The van der Waals surface area contributed by atoms with Gasteiger partial charge in [-0.05, 0) is 94.2 Å². The molecule has 0 radical (unpaired) electrons. The van der Waals surface area contributed by atoms with Crippen LogP contribution in [0, 0.1) is 5.41 Å². The van der Waals surface area contributed by atoms with Crippen molar-refractivity contribution in [2.24, 2.45) is 5.41 Å². The highest BCUT2D eigenvalue weighted by Crippen LogP contribution is 2.42. The topological polar surface area (TPSA) is 62.7 Å². The summed E-state index contributed by atoms with van der Waals surface area (Å²) in [5.74, 6) is -0.228. The zero-order chi connectivity index (χ0) is 24.8. The number of carboxylic acids is 1. The predicted molar refractivity (Wildman–Crippen MR) is 139 cm³/mol. The van der Waals surface area contributed by atoms with Gasteiger partial charge in [0.15, 0.2) is 0 Å². The van der Waals surface area contributed by atoms with Gasteiger partial charge in [0.05, 0.1) is 23.1 Å². The Bertz CT molecular complexity index is 1130. The number of unbranched alkanes of at least 4 members (excludes halogenated alkanes) is 1. The number of halogens is 2. The normalized spacial score (nSPS) is 16.9. The molecule has 3 aromatic rings. The number of benzene rings is 1. The number of aryl methyl sites for hydroxylation is 1. The van der Waals surface area contributed by atoms with E-state index in [4.69, 9.17) is 16.3 Å². The second kappa shape index (κ2) is 11.7. The SMILES string of the molecule is COc1ccc2ncc(Cl)c([C@H](F)CCC3(C(=O)O)CCN(CCCCc4cccs4)CC3)c2c1. The molecule has 8 heteroatoms. The van der Waals surface area contributed by atoms with Crippen LogP contribution in [0.2, 0.25) is 5.02 Å². The Morgan fingerprint density at radius 3 is 2.80 bits per heavy atom. The molecule has 0 spiro atoms. The minimum absolute atomic E-state index is 0.100. The Hall–Kier alpha value is -2.22. The number of rotatable bonds is 11. The van der Waals surface area contributed by atoms with E-state index in [0.717, 1.165) is 38.9 Å². The third kappa shape index (κ3) is 6.13. The fourth-order valence-corrected chi connectivity index (χ4v) is 6.05. The van der Waals surface area contributed by atoms with E-state index in [-0.39, 0.29) is 17.9 Å². The number of carboxylic acid groups (broad SMARTS) is 1. The molecule has 0 saturated carbocycles. The van der Waals surface area contributed by atoms with Crippen LogP contribution in [-0.2, 0) is 11.2 Å². The fraction of sp³-hybridized carbons (Fsp3) is 0.481. The van der Waals surface area contributed by atoms with E-state index in [1.54, 1.807) is 36.6 Å². The number of hydrogen-bond acceptors (Lipinski definition) is 5. The molecule has 35 heavy (non-hydrogen) atoms. The van der Waals surface area contributed by atoms with Crippen LogP contribution in [0.5, 0.6) is 5.75 Å². The number of piperidine rings is 1. The standard InChI is InChI=1S/C27H32ClFN2O3S/c1-34-19-7-8-24-21(17-19)25(22(28)18-30-24)23(29)9-10-27(26(32)33)11-14-31(15-12-27)13-3-2-5-20-6-4-16-35-20/h4,6-8,16-18,23H,2-3,5,9-15H2,1H3,(H,32,33)/t23-/m1/s1. The lowest BCUT2D eigenvalue weighted by Gasteiger charge is -2.39. The lowest BCUT2D eigenvalue weighted by atomic mass is 9.74. The molecule has 1 N–H and O–H groups in total. The Balaban J connectivity index is 1.35. The van der Waals surface area contributed by atoms with E-state index in [9.17, 15) is 9.90 Å². The average molecular weight is 519 g/mol. The number of hydrogen-bond donors (Lipinski definition) is 1. The summed E-state index contributed by atoms with van der Waals surface area (Å²) < 4.78 is 20.9. The number of thiophene rings is 1. The zero-order valence-corrected chi connectivity index (χ0v) is 21.6. The Kier molecular flexibility index (Phi) is 8.63. The van der Waals surface area contributed by atoms with E-state index < -0.39 is 17.6 Å². The van der Waals surface area contributed by atoms with E-state index in [2.05, 4.69) is 27.4 Å². The highest BCUT2D eigenvalue weighted by atomic mass is 35.5. The highest BCUT2D eigenvalue weighted by molar-refractivity contribution is 7.09. The van der Waals surface area contributed by atoms with E-state index in [1.165, 1.54) is 11.1 Å². The first kappa shape index (κ1) is 25.9. The molecule has 2 aromatic heterocycles. The quantitative estimate of drug-likeness (QED) is 0.278. The first-order valence-corrected chi connectivity index (χ1v) is 13.4. The summed E-state index contributed by atoms with van der Waals surface area (Å²) in [5, 5.41) is 13.0. The molecule has 1 aromatic carbocycles. The molecule has 0 unspecified atom stereocenters. The monoisotopic (exact) mass is 518 g/mol. The van der Waals surface area contributed by atoms with Gasteiger partial charge < -0.3 is 14.7 Å². The summed E-state index contributed by atoms with van der Waals surface area (Å²) in [5.41, 5.74) is 0.0950. The number of nitrogens with zero attached hydrogens (tertiary/aromatic N) is 2. The number of aromatic nitrogens is 1. The van der Waals surface area contributed by atoms with Gasteiger partial charge in [0.2, 0.25) is 0 Å². The van der Waals surface area contributed by atoms with Crippen molar-refractivity contribution in [3.8, 4) is 5.75 Å². The maximum atomic E-state index is 15.6. The molecule has 188 valence electrons. The smallest absolute Gasteiger partial charge is 0.309 e. The molecule has 1 aliphatic heterocycles. The lowest BCUT2D eigenvalue weighted by molar-refractivity contribution is -0.153. The summed E-state index contributed by atoms with van der Waals surface area (Å²) >= 11 is 8.15. The molecule has 5 nitrogen and oxygen atoms in total. The minimum Gasteiger partial charge on any atom is -0.497 e. The molecular weight excluding hydrogens is 487 g/mol. The van der Waals surface area contributed by atoms with Crippen LogP contribution < -0.4 is 4.74 Å². The summed E-state index contributed by atoms with van der Waals surface area (Å²) in [6.45, 7) is 2.45. The van der Waals surface area contributed by atoms with Gasteiger partial charge in [-0.2, -0.15) is 0 Å².